The lowest BCUT2D eigenvalue weighted by Gasteiger charge is -2.29. The monoisotopic (exact) mass is 646 g/mol. The SMILES string of the molecule is CC(C)(C)c1ccc(N(c2ccccc2)c2c#cc3ccc4c(N(c5ccccc5)c5ccc(C(C)(C)C)cc5)ccc5ccc2c3c54)cc1. The summed E-state index contributed by atoms with van der Waals surface area (Å²) in [6, 6.07) is 60.1. The maximum atomic E-state index is 3.61. The molecular formula is C48H42N2. The van der Waals surface area contributed by atoms with Crippen molar-refractivity contribution in [2.45, 2.75) is 52.4 Å². The van der Waals surface area contributed by atoms with Crippen LogP contribution in [-0.4, -0.2) is 0 Å². The van der Waals surface area contributed by atoms with Crippen molar-refractivity contribution < 1.29 is 0 Å². The van der Waals surface area contributed by atoms with Gasteiger partial charge in [0.25, 0.3) is 0 Å². The molecule has 0 atom stereocenters. The van der Waals surface area contributed by atoms with E-state index >= 15 is 0 Å². The quantitative estimate of drug-likeness (QED) is 0.177. The maximum Gasteiger partial charge on any atom is 0.105 e. The highest BCUT2D eigenvalue weighted by Crippen LogP contribution is 2.46. The van der Waals surface area contributed by atoms with Gasteiger partial charge in [0, 0.05) is 49.7 Å². The average Bonchev–Trinajstić information content (AvgIpc) is 3.12. The van der Waals surface area contributed by atoms with Crippen LogP contribution >= 0.6 is 0 Å². The predicted octanol–water partition coefficient (Wildman–Crippen LogP) is 13.7. The number of hydrogen-bond donors (Lipinski definition) is 0. The molecule has 0 aliphatic heterocycles. The second kappa shape index (κ2) is 12.0. The minimum atomic E-state index is 0.0724. The van der Waals surface area contributed by atoms with Crippen molar-refractivity contribution in [1.29, 1.82) is 0 Å². The summed E-state index contributed by atoms with van der Waals surface area (Å²) in [5, 5.41) is 7.08. The van der Waals surface area contributed by atoms with Gasteiger partial charge in [-0.1, -0.05) is 133 Å². The molecule has 0 heterocycles. The largest absolute Gasteiger partial charge is 0.310 e. The van der Waals surface area contributed by atoms with Gasteiger partial charge in [-0.15, -0.1) is 0 Å². The van der Waals surface area contributed by atoms with Gasteiger partial charge in [-0.25, -0.2) is 0 Å². The van der Waals surface area contributed by atoms with Crippen LogP contribution in [0.15, 0.2) is 146 Å². The molecule has 0 unspecified atom stereocenters. The molecule has 8 aromatic rings. The minimum Gasteiger partial charge on any atom is -0.310 e. The Balaban J connectivity index is 1.36. The van der Waals surface area contributed by atoms with Crippen LogP contribution in [-0.2, 0) is 10.8 Å². The van der Waals surface area contributed by atoms with Crippen LogP contribution in [0.4, 0.5) is 34.1 Å². The van der Waals surface area contributed by atoms with Gasteiger partial charge in [0.2, 0.25) is 0 Å². The first-order valence-corrected chi connectivity index (χ1v) is 17.5. The highest BCUT2D eigenvalue weighted by molar-refractivity contribution is 6.27. The second-order valence-corrected chi connectivity index (χ2v) is 15.4. The van der Waals surface area contributed by atoms with Crippen molar-refractivity contribution in [2.75, 3.05) is 9.80 Å². The molecule has 0 fully saturated rings. The van der Waals surface area contributed by atoms with E-state index in [4.69, 9.17) is 0 Å². The Morgan fingerprint density at radius 1 is 0.400 bits per heavy atom. The molecule has 0 saturated heterocycles. The molecule has 0 aliphatic rings. The Labute approximate surface area is 296 Å². The standard InChI is InChI=1S/C48H42N2/c1-47(2,3)35-21-25-39(26-22-35)49(37-13-9-7-10-14-37)43-31-19-33-18-30-42-44(32-20-34-17-29-41(43)45(33)46(34)42)50(38-15-11-8-12-16-38)40-27-23-36(24-28-40)48(4,5)6/h7-19,21-31H,1-6H3. The fourth-order valence-corrected chi connectivity index (χ4v) is 7.21. The smallest absolute Gasteiger partial charge is 0.105 e. The van der Waals surface area contributed by atoms with Crippen LogP contribution < -0.4 is 9.80 Å². The molecule has 8 aromatic carbocycles. The minimum absolute atomic E-state index is 0.0724. The Kier molecular flexibility index (Phi) is 7.54. The Morgan fingerprint density at radius 2 is 0.880 bits per heavy atom. The van der Waals surface area contributed by atoms with E-state index in [2.05, 4.69) is 209 Å². The van der Waals surface area contributed by atoms with Gasteiger partial charge in [-0.05, 0) is 94.1 Å². The van der Waals surface area contributed by atoms with Crippen molar-refractivity contribution in [3.63, 3.8) is 0 Å². The zero-order valence-electron chi connectivity index (χ0n) is 29.8. The van der Waals surface area contributed by atoms with E-state index in [0.29, 0.717) is 0 Å². The fourth-order valence-electron chi connectivity index (χ4n) is 7.21. The van der Waals surface area contributed by atoms with Gasteiger partial charge in [0.05, 0.1) is 5.69 Å². The zero-order chi connectivity index (χ0) is 34.6. The average molecular weight is 647 g/mol. The topological polar surface area (TPSA) is 6.48 Å². The summed E-state index contributed by atoms with van der Waals surface area (Å²) >= 11 is 0. The highest BCUT2D eigenvalue weighted by atomic mass is 15.1. The summed E-state index contributed by atoms with van der Waals surface area (Å²) in [5.41, 5.74) is 9.36. The Bertz CT molecular complexity index is 2240. The molecule has 0 saturated carbocycles. The third kappa shape index (κ3) is 5.50. The lowest BCUT2D eigenvalue weighted by molar-refractivity contribution is 0.590. The number of nitrogens with zero attached hydrogens (tertiary/aromatic N) is 2. The molecule has 0 aliphatic carbocycles. The van der Waals surface area contributed by atoms with Crippen LogP contribution in [0.5, 0.6) is 0 Å². The van der Waals surface area contributed by atoms with Crippen molar-refractivity contribution >= 4 is 66.4 Å². The number of para-hydroxylation sites is 2. The first-order valence-electron chi connectivity index (χ1n) is 17.5. The highest BCUT2D eigenvalue weighted by Gasteiger charge is 2.23. The Morgan fingerprint density at radius 3 is 1.44 bits per heavy atom. The van der Waals surface area contributed by atoms with E-state index in [1.807, 2.05) is 0 Å². The van der Waals surface area contributed by atoms with Crippen LogP contribution in [0.25, 0.3) is 32.3 Å². The van der Waals surface area contributed by atoms with Crippen LogP contribution in [0.2, 0.25) is 0 Å². The third-order valence-electron chi connectivity index (χ3n) is 9.94. The van der Waals surface area contributed by atoms with E-state index < -0.39 is 0 Å². The Hall–Kier alpha value is -5.78. The summed E-state index contributed by atoms with van der Waals surface area (Å²) in [6.45, 7) is 13.6. The normalized spacial score (nSPS) is 12.0. The summed E-state index contributed by atoms with van der Waals surface area (Å²) < 4.78 is 0. The number of hydrogen-bond acceptors (Lipinski definition) is 2. The van der Waals surface area contributed by atoms with E-state index in [1.54, 1.807) is 0 Å². The van der Waals surface area contributed by atoms with E-state index in [9.17, 15) is 0 Å². The molecular weight excluding hydrogens is 605 g/mol. The zero-order valence-corrected chi connectivity index (χ0v) is 29.8. The first kappa shape index (κ1) is 31.5. The third-order valence-corrected chi connectivity index (χ3v) is 9.94. The van der Waals surface area contributed by atoms with Gasteiger partial charge in [0.1, 0.15) is 5.69 Å². The molecule has 0 bridgehead atoms. The molecule has 0 aromatic heterocycles. The molecule has 0 N–H and O–H groups in total. The van der Waals surface area contributed by atoms with Crippen LogP contribution in [0.1, 0.15) is 52.7 Å². The molecule has 244 valence electrons. The van der Waals surface area contributed by atoms with Crippen molar-refractivity contribution in [3.05, 3.63) is 169 Å². The summed E-state index contributed by atoms with van der Waals surface area (Å²) in [5.74, 6) is 0. The summed E-state index contributed by atoms with van der Waals surface area (Å²) in [6.07, 6.45) is 0. The number of anilines is 6. The van der Waals surface area contributed by atoms with Crippen molar-refractivity contribution in [3.8, 4) is 0 Å². The molecule has 50 heavy (non-hydrogen) atoms. The van der Waals surface area contributed by atoms with Crippen LogP contribution in [0.3, 0.4) is 0 Å². The predicted molar refractivity (Wildman–Crippen MR) is 215 cm³/mol. The number of rotatable bonds is 6. The fraction of sp³-hybridized carbons (Fsp3) is 0.167. The molecule has 0 spiro atoms. The lowest BCUT2D eigenvalue weighted by Crippen LogP contribution is -2.13. The maximum absolute atomic E-state index is 3.61. The lowest BCUT2D eigenvalue weighted by atomic mass is 9.87. The first-order chi connectivity index (χ1) is 24.1. The number of benzene rings is 7. The van der Waals surface area contributed by atoms with E-state index in [1.165, 1.54) is 32.7 Å². The molecule has 2 nitrogen and oxygen atoms in total. The second-order valence-electron chi connectivity index (χ2n) is 15.4. The summed E-state index contributed by atoms with van der Waals surface area (Å²) in [7, 11) is 0. The molecule has 2 heteroatoms. The van der Waals surface area contributed by atoms with Gasteiger partial charge in [-0.3, -0.25) is 0 Å². The molecule has 0 amide bonds. The van der Waals surface area contributed by atoms with Gasteiger partial charge < -0.3 is 9.80 Å². The van der Waals surface area contributed by atoms with E-state index in [-0.39, 0.29) is 10.8 Å². The molecule has 0 radical (unpaired) electrons. The molecule has 8 rings (SSSR count). The van der Waals surface area contributed by atoms with Gasteiger partial charge >= 0.3 is 0 Å². The van der Waals surface area contributed by atoms with Crippen molar-refractivity contribution in [2.24, 2.45) is 0 Å². The van der Waals surface area contributed by atoms with Crippen molar-refractivity contribution in [1.82, 2.24) is 0 Å². The van der Waals surface area contributed by atoms with Gasteiger partial charge in [0.15, 0.2) is 0 Å². The van der Waals surface area contributed by atoms with Gasteiger partial charge in [-0.2, -0.15) is 0 Å². The van der Waals surface area contributed by atoms with Crippen LogP contribution in [0, 0.1) is 12.1 Å². The summed E-state index contributed by atoms with van der Waals surface area (Å²) in [4.78, 5) is 4.71. The van der Waals surface area contributed by atoms with E-state index in [0.717, 1.165) is 44.9 Å².